The predicted octanol–water partition coefficient (Wildman–Crippen LogP) is 0.0438. The lowest BCUT2D eigenvalue weighted by atomic mass is 10.4. The van der Waals surface area contributed by atoms with Crippen LogP contribution in [-0.4, -0.2) is 63.1 Å². The van der Waals surface area contributed by atoms with Crippen LogP contribution >= 0.6 is 0 Å². The molecule has 0 spiro atoms. The Morgan fingerprint density at radius 2 is 1.67 bits per heavy atom. The number of rotatable bonds is 7. The lowest BCUT2D eigenvalue weighted by molar-refractivity contribution is -0.0313. The highest BCUT2D eigenvalue weighted by molar-refractivity contribution is 4.49. The van der Waals surface area contributed by atoms with E-state index in [0.717, 1.165) is 0 Å². The maximum absolute atomic E-state index is 8.55. The van der Waals surface area contributed by atoms with Gasteiger partial charge in [0.25, 0.3) is 0 Å². The first-order valence-corrected chi connectivity index (χ1v) is 4.97. The van der Waals surface area contributed by atoms with Crippen LogP contribution in [0, 0.1) is 0 Å². The monoisotopic (exact) mass is 224 g/mol. The Morgan fingerprint density at radius 1 is 1.07 bits per heavy atom. The van der Waals surface area contributed by atoms with E-state index >= 15 is 0 Å². The summed E-state index contributed by atoms with van der Waals surface area (Å²) in [5, 5.41) is 16.5. The zero-order valence-corrected chi connectivity index (χ0v) is 10.1. The molecule has 0 saturated heterocycles. The average molecular weight is 224 g/mol. The molecule has 2 N–H and O–H groups in total. The number of hydrogen-bond acceptors (Lipinski definition) is 5. The van der Waals surface area contributed by atoms with Crippen molar-refractivity contribution in [1.29, 1.82) is 0 Å². The van der Waals surface area contributed by atoms with Crippen LogP contribution in [0.1, 0.15) is 13.8 Å². The van der Waals surface area contributed by atoms with E-state index in [1.807, 2.05) is 13.8 Å². The van der Waals surface area contributed by atoms with Gasteiger partial charge >= 0.3 is 0 Å². The second kappa shape index (κ2) is 13.8. The minimum atomic E-state index is -0.0856. The lowest BCUT2D eigenvalue weighted by Crippen LogP contribution is -2.21. The van der Waals surface area contributed by atoms with Crippen molar-refractivity contribution in [3.63, 3.8) is 0 Å². The summed E-state index contributed by atoms with van der Waals surface area (Å²) in [4.78, 5) is 0. The first kappa shape index (κ1) is 17.2. The highest BCUT2D eigenvalue weighted by atomic mass is 16.5. The topological polar surface area (TPSA) is 68.2 Å². The Morgan fingerprint density at radius 3 is 1.93 bits per heavy atom. The average Bonchev–Trinajstić information content (AvgIpc) is 2.27. The van der Waals surface area contributed by atoms with Crippen molar-refractivity contribution in [3.05, 3.63) is 0 Å². The lowest BCUT2D eigenvalue weighted by Gasteiger charge is -2.13. The summed E-state index contributed by atoms with van der Waals surface area (Å²) in [6, 6.07) is 0. The van der Waals surface area contributed by atoms with E-state index in [4.69, 9.17) is 19.7 Å². The summed E-state index contributed by atoms with van der Waals surface area (Å²) in [6.45, 7) is 4.91. The van der Waals surface area contributed by atoms with Gasteiger partial charge in [-0.1, -0.05) is 0 Å². The van der Waals surface area contributed by atoms with Gasteiger partial charge in [0.2, 0.25) is 0 Å². The van der Waals surface area contributed by atoms with Gasteiger partial charge in [-0.2, -0.15) is 0 Å². The second-order valence-electron chi connectivity index (χ2n) is 3.09. The molecule has 0 amide bonds. The second-order valence-corrected chi connectivity index (χ2v) is 3.09. The first-order valence-electron chi connectivity index (χ1n) is 4.97. The fourth-order valence-corrected chi connectivity index (χ4v) is 0.512. The molecule has 0 saturated carbocycles. The molecule has 0 aliphatic rings. The Bertz CT molecular complexity index is 98.0. The van der Waals surface area contributed by atoms with E-state index < -0.39 is 0 Å². The van der Waals surface area contributed by atoms with E-state index in [9.17, 15) is 0 Å². The van der Waals surface area contributed by atoms with Crippen molar-refractivity contribution in [2.24, 2.45) is 0 Å². The summed E-state index contributed by atoms with van der Waals surface area (Å²) >= 11 is 0. The quantitative estimate of drug-likeness (QED) is 0.639. The summed E-state index contributed by atoms with van der Waals surface area (Å²) in [6.07, 6.45) is 0.0200. The molecule has 2 unspecified atom stereocenters. The molecule has 94 valence electrons. The van der Waals surface area contributed by atoms with Gasteiger partial charge < -0.3 is 24.4 Å². The summed E-state index contributed by atoms with van der Waals surface area (Å²) < 4.78 is 14.5. The van der Waals surface area contributed by atoms with E-state index in [0.29, 0.717) is 13.2 Å². The molecular weight excluding hydrogens is 200 g/mol. The number of aliphatic hydroxyl groups is 2. The largest absolute Gasteiger partial charge is 0.394 e. The maximum atomic E-state index is 8.55. The normalized spacial score (nSPS) is 14.0. The highest BCUT2D eigenvalue weighted by Gasteiger charge is 2.03. The van der Waals surface area contributed by atoms with Gasteiger partial charge in [0, 0.05) is 14.2 Å². The predicted molar refractivity (Wildman–Crippen MR) is 57.9 cm³/mol. The molecule has 0 aliphatic heterocycles. The molecule has 0 aromatic carbocycles. The Labute approximate surface area is 92.0 Å². The van der Waals surface area contributed by atoms with Crippen LogP contribution in [0.3, 0.4) is 0 Å². The van der Waals surface area contributed by atoms with Gasteiger partial charge in [-0.05, 0) is 13.8 Å². The van der Waals surface area contributed by atoms with Crippen molar-refractivity contribution < 1.29 is 24.4 Å². The highest BCUT2D eigenvalue weighted by Crippen LogP contribution is 1.93. The van der Waals surface area contributed by atoms with Gasteiger partial charge in [-0.15, -0.1) is 0 Å². The van der Waals surface area contributed by atoms with Crippen LogP contribution in [0.25, 0.3) is 0 Å². The molecule has 5 heteroatoms. The van der Waals surface area contributed by atoms with Gasteiger partial charge in [-0.3, -0.25) is 0 Å². The number of hydrogen-bond donors (Lipinski definition) is 2. The van der Waals surface area contributed by atoms with Crippen LogP contribution in [0.5, 0.6) is 0 Å². The Balaban J connectivity index is 0. The number of ether oxygens (including phenoxy) is 3. The van der Waals surface area contributed by atoms with Crippen molar-refractivity contribution in [2.75, 3.05) is 40.6 Å². The third-order valence-corrected chi connectivity index (χ3v) is 1.57. The van der Waals surface area contributed by atoms with Crippen LogP contribution in [0.4, 0.5) is 0 Å². The summed E-state index contributed by atoms with van der Waals surface area (Å²) in [5.41, 5.74) is 0. The van der Waals surface area contributed by atoms with Crippen LogP contribution < -0.4 is 0 Å². The third kappa shape index (κ3) is 16.5. The molecule has 0 aromatic rings. The van der Waals surface area contributed by atoms with Crippen molar-refractivity contribution in [1.82, 2.24) is 0 Å². The van der Waals surface area contributed by atoms with Gasteiger partial charge in [-0.25, -0.2) is 0 Å². The van der Waals surface area contributed by atoms with Crippen LogP contribution in [0.2, 0.25) is 0 Å². The molecule has 0 rings (SSSR count). The van der Waals surface area contributed by atoms with Gasteiger partial charge in [0.05, 0.1) is 38.6 Å². The molecule has 0 aromatic heterocycles. The molecule has 0 heterocycles. The van der Waals surface area contributed by atoms with Crippen LogP contribution in [-0.2, 0) is 14.2 Å². The molecule has 0 radical (unpaired) electrons. The molecule has 0 aliphatic carbocycles. The molecule has 15 heavy (non-hydrogen) atoms. The molecular formula is C10H24O5. The number of aliphatic hydroxyl groups excluding tert-OH is 2. The SMILES string of the molecule is COC(C)COC(C)CO.COCCO. The zero-order chi connectivity index (χ0) is 12.1. The summed E-state index contributed by atoms with van der Waals surface area (Å²) in [7, 11) is 3.19. The standard InChI is InChI=1S/C7H16O3.C3H8O2/c1-6(4-8)10-5-7(2)9-3;1-5-3-2-4/h6-8H,4-5H2,1-3H3;4H,2-3H2,1H3. The third-order valence-electron chi connectivity index (χ3n) is 1.57. The van der Waals surface area contributed by atoms with Crippen molar-refractivity contribution >= 4 is 0 Å². The Hall–Kier alpha value is -0.200. The molecule has 0 bridgehead atoms. The smallest absolute Gasteiger partial charge is 0.0779 e. The molecule has 5 nitrogen and oxygen atoms in total. The zero-order valence-electron chi connectivity index (χ0n) is 10.1. The van der Waals surface area contributed by atoms with Gasteiger partial charge in [0.15, 0.2) is 0 Å². The van der Waals surface area contributed by atoms with Crippen LogP contribution in [0.15, 0.2) is 0 Å². The van der Waals surface area contributed by atoms with E-state index in [1.54, 1.807) is 14.2 Å². The van der Waals surface area contributed by atoms with E-state index in [-0.39, 0.29) is 25.4 Å². The molecule has 0 fully saturated rings. The Kier molecular flexibility index (Phi) is 15.8. The van der Waals surface area contributed by atoms with E-state index in [1.165, 1.54) is 0 Å². The first-order chi connectivity index (χ1) is 7.12. The fraction of sp³-hybridized carbons (Fsp3) is 1.00. The van der Waals surface area contributed by atoms with E-state index in [2.05, 4.69) is 4.74 Å². The molecule has 2 atom stereocenters. The van der Waals surface area contributed by atoms with Crippen molar-refractivity contribution in [3.8, 4) is 0 Å². The summed E-state index contributed by atoms with van der Waals surface area (Å²) in [5.74, 6) is 0. The fourth-order valence-electron chi connectivity index (χ4n) is 0.512. The number of methoxy groups -OCH3 is 2. The van der Waals surface area contributed by atoms with Crippen molar-refractivity contribution in [2.45, 2.75) is 26.1 Å². The maximum Gasteiger partial charge on any atom is 0.0779 e. The minimum absolute atomic E-state index is 0.0659. The van der Waals surface area contributed by atoms with Gasteiger partial charge in [0.1, 0.15) is 0 Å². The minimum Gasteiger partial charge on any atom is -0.394 e.